The average Bonchev–Trinajstić information content (AvgIpc) is 2.79. The fourth-order valence-corrected chi connectivity index (χ4v) is 3.42. The van der Waals surface area contributed by atoms with Crippen molar-refractivity contribution in [1.29, 1.82) is 0 Å². The molecule has 1 amide bonds. The molecule has 0 saturated carbocycles. The van der Waals surface area contributed by atoms with Gasteiger partial charge in [0.05, 0.1) is 16.6 Å². The van der Waals surface area contributed by atoms with Crippen LogP contribution in [0.3, 0.4) is 0 Å². The van der Waals surface area contributed by atoms with Gasteiger partial charge in [0.1, 0.15) is 0 Å². The summed E-state index contributed by atoms with van der Waals surface area (Å²) in [4.78, 5) is 26.1. The molecule has 19 heavy (non-hydrogen) atoms. The number of carbonyl (C=O) groups is 2. The Morgan fingerprint density at radius 2 is 2.16 bits per heavy atom. The van der Waals surface area contributed by atoms with Crippen molar-refractivity contribution in [3.63, 3.8) is 0 Å². The zero-order chi connectivity index (χ0) is 13.7. The zero-order valence-corrected chi connectivity index (χ0v) is 11.6. The molecule has 1 heterocycles. The molecular formula is C12H12N2O3S2. The maximum absolute atomic E-state index is 11.2. The predicted octanol–water partition coefficient (Wildman–Crippen LogP) is 1.81. The molecule has 0 fully saturated rings. The van der Waals surface area contributed by atoms with Crippen molar-refractivity contribution in [3.8, 4) is 0 Å². The summed E-state index contributed by atoms with van der Waals surface area (Å²) in [5, 5.41) is 0. The molecule has 1 aromatic heterocycles. The van der Waals surface area contributed by atoms with Gasteiger partial charge in [-0.3, -0.25) is 9.59 Å². The van der Waals surface area contributed by atoms with E-state index in [9.17, 15) is 9.59 Å². The van der Waals surface area contributed by atoms with Gasteiger partial charge >= 0.3 is 5.97 Å². The van der Waals surface area contributed by atoms with Gasteiger partial charge in [-0.2, -0.15) is 0 Å². The number of nitrogens with two attached hydrogens (primary N) is 1. The largest absolute Gasteiger partial charge is 0.456 e. The normalized spacial score (nSPS) is 10.5. The molecule has 0 radical (unpaired) electrons. The smallest absolute Gasteiger partial charge is 0.307 e. The van der Waals surface area contributed by atoms with E-state index < -0.39 is 11.9 Å². The van der Waals surface area contributed by atoms with E-state index in [1.807, 2.05) is 24.3 Å². The van der Waals surface area contributed by atoms with E-state index >= 15 is 0 Å². The lowest BCUT2D eigenvalue weighted by Crippen LogP contribution is -2.20. The van der Waals surface area contributed by atoms with Crippen LogP contribution in [0, 0.1) is 0 Å². The van der Waals surface area contributed by atoms with Crippen molar-refractivity contribution in [1.82, 2.24) is 4.98 Å². The van der Waals surface area contributed by atoms with E-state index in [-0.39, 0.29) is 13.0 Å². The van der Waals surface area contributed by atoms with Gasteiger partial charge in [0, 0.05) is 5.75 Å². The molecule has 7 heteroatoms. The number of esters is 1. The quantitative estimate of drug-likeness (QED) is 0.649. The summed E-state index contributed by atoms with van der Waals surface area (Å²) in [7, 11) is 0. The zero-order valence-electron chi connectivity index (χ0n) is 10.00. The van der Waals surface area contributed by atoms with Gasteiger partial charge in [-0.05, 0) is 12.1 Å². The monoisotopic (exact) mass is 296 g/mol. The summed E-state index contributed by atoms with van der Waals surface area (Å²) in [5.74, 6) is -0.503. The van der Waals surface area contributed by atoms with E-state index in [0.717, 1.165) is 14.6 Å². The molecular weight excluding hydrogens is 284 g/mol. The summed E-state index contributed by atoms with van der Waals surface area (Å²) in [5.41, 5.74) is 5.84. The minimum absolute atomic E-state index is 0.230. The third kappa shape index (κ3) is 4.22. The highest BCUT2D eigenvalue weighted by molar-refractivity contribution is 8.01. The number of thiazole rings is 1. The average molecular weight is 296 g/mol. The van der Waals surface area contributed by atoms with E-state index in [2.05, 4.69) is 9.72 Å². The van der Waals surface area contributed by atoms with E-state index in [1.165, 1.54) is 11.8 Å². The van der Waals surface area contributed by atoms with Gasteiger partial charge in [0.15, 0.2) is 10.9 Å². The Kier molecular flexibility index (Phi) is 4.75. The van der Waals surface area contributed by atoms with Crippen molar-refractivity contribution in [3.05, 3.63) is 24.3 Å². The number of amides is 1. The number of fused-ring (bicyclic) bond motifs is 1. The second-order valence-corrected chi connectivity index (χ2v) is 6.05. The first-order valence-electron chi connectivity index (χ1n) is 5.57. The number of rotatable bonds is 6. The second-order valence-electron chi connectivity index (χ2n) is 3.67. The van der Waals surface area contributed by atoms with Crippen molar-refractivity contribution in [2.45, 2.75) is 10.8 Å². The molecule has 1 aromatic carbocycles. The SMILES string of the molecule is NC(=O)COC(=O)CCSc1nc2ccccc2s1. The first-order valence-corrected chi connectivity index (χ1v) is 7.37. The minimum atomic E-state index is -0.646. The first-order chi connectivity index (χ1) is 9.15. The fourth-order valence-electron chi connectivity index (χ4n) is 1.36. The molecule has 0 saturated heterocycles. The van der Waals surface area contributed by atoms with Crippen LogP contribution in [0.2, 0.25) is 0 Å². The summed E-state index contributed by atoms with van der Waals surface area (Å²) in [6.45, 7) is -0.357. The Morgan fingerprint density at radius 1 is 1.37 bits per heavy atom. The summed E-state index contributed by atoms with van der Waals surface area (Å²) < 4.78 is 6.70. The molecule has 2 rings (SSSR count). The Morgan fingerprint density at radius 3 is 2.89 bits per heavy atom. The van der Waals surface area contributed by atoms with Gasteiger partial charge in [-0.25, -0.2) is 4.98 Å². The van der Waals surface area contributed by atoms with Crippen LogP contribution < -0.4 is 5.73 Å². The van der Waals surface area contributed by atoms with Crippen molar-refractivity contribution in [2.75, 3.05) is 12.4 Å². The standard InChI is InChI=1S/C12H12N2O3S2/c13-10(15)7-17-11(16)5-6-18-12-14-8-3-1-2-4-9(8)19-12/h1-4H,5-7H2,(H2,13,15). The highest BCUT2D eigenvalue weighted by Crippen LogP contribution is 2.29. The van der Waals surface area contributed by atoms with Gasteiger partial charge < -0.3 is 10.5 Å². The third-order valence-electron chi connectivity index (χ3n) is 2.18. The maximum Gasteiger partial charge on any atom is 0.307 e. The molecule has 2 aromatic rings. The number of hydrogen-bond donors (Lipinski definition) is 1. The molecule has 0 spiro atoms. The number of para-hydroxylation sites is 1. The number of hydrogen-bond acceptors (Lipinski definition) is 6. The van der Waals surface area contributed by atoms with Gasteiger partial charge in [-0.1, -0.05) is 23.9 Å². The molecule has 0 aliphatic heterocycles. The van der Waals surface area contributed by atoms with Gasteiger partial charge in [0.25, 0.3) is 5.91 Å². The minimum Gasteiger partial charge on any atom is -0.456 e. The number of benzene rings is 1. The number of nitrogens with zero attached hydrogens (tertiary/aromatic N) is 1. The lowest BCUT2D eigenvalue weighted by atomic mass is 10.3. The second kappa shape index (κ2) is 6.53. The van der Waals surface area contributed by atoms with Crippen LogP contribution >= 0.6 is 23.1 Å². The topological polar surface area (TPSA) is 82.3 Å². The third-order valence-corrected chi connectivity index (χ3v) is 4.36. The van der Waals surface area contributed by atoms with Crippen LogP contribution in [-0.2, 0) is 14.3 Å². The Hall–Kier alpha value is -1.60. The van der Waals surface area contributed by atoms with Crippen molar-refractivity contribution in [2.24, 2.45) is 5.73 Å². The Balaban J connectivity index is 1.79. The van der Waals surface area contributed by atoms with Crippen LogP contribution in [0.5, 0.6) is 0 Å². The number of primary amides is 1. The van der Waals surface area contributed by atoms with E-state index in [1.54, 1.807) is 11.3 Å². The molecule has 0 atom stereocenters. The Labute approximate surface area is 118 Å². The van der Waals surface area contributed by atoms with Crippen LogP contribution in [0.1, 0.15) is 6.42 Å². The summed E-state index contributed by atoms with van der Waals surface area (Å²) in [6.07, 6.45) is 0.230. The van der Waals surface area contributed by atoms with E-state index in [4.69, 9.17) is 5.73 Å². The molecule has 5 nitrogen and oxygen atoms in total. The number of aromatic nitrogens is 1. The summed E-state index contributed by atoms with van der Waals surface area (Å²) in [6, 6.07) is 7.88. The molecule has 100 valence electrons. The first kappa shape index (κ1) is 13.8. The lowest BCUT2D eigenvalue weighted by molar-refractivity contribution is -0.147. The van der Waals surface area contributed by atoms with Gasteiger partial charge in [0.2, 0.25) is 0 Å². The van der Waals surface area contributed by atoms with Crippen molar-refractivity contribution < 1.29 is 14.3 Å². The summed E-state index contributed by atoms with van der Waals surface area (Å²) >= 11 is 3.09. The maximum atomic E-state index is 11.2. The van der Waals surface area contributed by atoms with Crippen LogP contribution in [0.25, 0.3) is 10.2 Å². The van der Waals surface area contributed by atoms with Crippen LogP contribution in [-0.4, -0.2) is 29.2 Å². The Bertz CT molecular complexity index is 564. The van der Waals surface area contributed by atoms with Crippen LogP contribution in [0.4, 0.5) is 0 Å². The lowest BCUT2D eigenvalue weighted by Gasteiger charge is -2.00. The van der Waals surface area contributed by atoms with E-state index in [0.29, 0.717) is 5.75 Å². The molecule has 2 N–H and O–H groups in total. The predicted molar refractivity (Wildman–Crippen MR) is 75.1 cm³/mol. The number of ether oxygens (including phenoxy) is 1. The molecule has 0 aliphatic rings. The number of carbonyl (C=O) groups excluding carboxylic acids is 2. The fraction of sp³-hybridized carbons (Fsp3) is 0.250. The highest BCUT2D eigenvalue weighted by Gasteiger charge is 2.07. The van der Waals surface area contributed by atoms with Crippen molar-refractivity contribution >= 4 is 45.2 Å². The number of thioether (sulfide) groups is 1. The molecule has 0 bridgehead atoms. The molecule has 0 aliphatic carbocycles. The highest BCUT2D eigenvalue weighted by atomic mass is 32.2. The van der Waals surface area contributed by atoms with Gasteiger partial charge in [-0.15, -0.1) is 11.3 Å². The van der Waals surface area contributed by atoms with Crippen LogP contribution in [0.15, 0.2) is 28.6 Å². The molecule has 0 unspecified atom stereocenters.